The van der Waals surface area contributed by atoms with Crippen molar-refractivity contribution in [1.82, 2.24) is 9.55 Å². The van der Waals surface area contributed by atoms with Crippen LogP contribution in [0.4, 0.5) is 11.6 Å². The van der Waals surface area contributed by atoms with E-state index in [1.165, 1.54) is 6.07 Å². The van der Waals surface area contributed by atoms with Crippen molar-refractivity contribution in [2.75, 3.05) is 17.7 Å². The minimum absolute atomic E-state index is 0.159. The lowest BCUT2D eigenvalue weighted by Crippen LogP contribution is -2.37. The van der Waals surface area contributed by atoms with E-state index in [4.69, 9.17) is 9.73 Å². The third kappa shape index (κ3) is 3.40. The number of hydrogen-bond donors (Lipinski definition) is 2. The van der Waals surface area contributed by atoms with Crippen LogP contribution in [0.25, 0.3) is 10.8 Å². The second-order valence-corrected chi connectivity index (χ2v) is 7.30. The average molecular weight is 411 g/mol. The summed E-state index contributed by atoms with van der Waals surface area (Å²) in [5.74, 6) is 1.61. The number of guanidine groups is 1. The van der Waals surface area contributed by atoms with Gasteiger partial charge in [-0.05, 0) is 29.8 Å². The standard InChI is InChI=1S/C24H21N5O2/c1-15-14-21(30)29-22(18-11-7-9-16-8-3-4-10-17(16)18)27-23(28-24(29)25-15)26-19-12-5-6-13-20(19)31-2/h3-14,22H,1-2H3,(H2,25,26,27,28)/t22-/m1/s1. The molecule has 31 heavy (non-hydrogen) atoms. The van der Waals surface area contributed by atoms with Gasteiger partial charge >= 0.3 is 0 Å². The normalized spacial score (nSPS) is 15.0. The number of hydrogen-bond acceptors (Lipinski definition) is 6. The van der Waals surface area contributed by atoms with Crippen LogP contribution in [0.3, 0.4) is 0 Å². The maximum atomic E-state index is 12.9. The lowest BCUT2D eigenvalue weighted by Gasteiger charge is -2.28. The van der Waals surface area contributed by atoms with Crippen molar-refractivity contribution in [3.05, 3.63) is 94.4 Å². The van der Waals surface area contributed by atoms with Crippen LogP contribution in [0, 0.1) is 6.92 Å². The summed E-state index contributed by atoms with van der Waals surface area (Å²) < 4.78 is 7.03. The molecule has 0 saturated carbocycles. The smallest absolute Gasteiger partial charge is 0.257 e. The number of anilines is 2. The van der Waals surface area contributed by atoms with Crippen molar-refractivity contribution < 1.29 is 4.74 Å². The Morgan fingerprint density at radius 2 is 1.81 bits per heavy atom. The van der Waals surface area contributed by atoms with Crippen LogP contribution in [0.1, 0.15) is 17.4 Å². The Morgan fingerprint density at radius 1 is 1.03 bits per heavy atom. The van der Waals surface area contributed by atoms with Crippen LogP contribution >= 0.6 is 0 Å². The number of rotatable bonds is 3. The van der Waals surface area contributed by atoms with Crippen molar-refractivity contribution in [1.29, 1.82) is 0 Å². The fourth-order valence-corrected chi connectivity index (χ4v) is 3.87. The Morgan fingerprint density at radius 3 is 2.68 bits per heavy atom. The number of fused-ring (bicyclic) bond motifs is 2. The fourth-order valence-electron chi connectivity index (χ4n) is 3.87. The molecule has 5 rings (SSSR count). The number of para-hydroxylation sites is 2. The highest BCUT2D eigenvalue weighted by Gasteiger charge is 2.26. The Bertz CT molecular complexity index is 1370. The molecule has 1 aliphatic rings. The molecule has 4 aromatic rings. The molecular formula is C24H21N5O2. The highest BCUT2D eigenvalue weighted by Crippen LogP contribution is 2.32. The van der Waals surface area contributed by atoms with E-state index in [0.29, 0.717) is 23.4 Å². The minimum atomic E-state index is -0.569. The van der Waals surface area contributed by atoms with E-state index in [1.54, 1.807) is 18.6 Å². The molecule has 7 heteroatoms. The van der Waals surface area contributed by atoms with Gasteiger partial charge in [-0.15, -0.1) is 0 Å². The van der Waals surface area contributed by atoms with Crippen LogP contribution in [-0.4, -0.2) is 22.6 Å². The van der Waals surface area contributed by atoms with Crippen LogP contribution in [0.15, 0.2) is 82.6 Å². The quantitative estimate of drug-likeness (QED) is 0.529. The predicted molar refractivity (Wildman–Crippen MR) is 123 cm³/mol. The van der Waals surface area contributed by atoms with E-state index < -0.39 is 6.17 Å². The van der Waals surface area contributed by atoms with E-state index >= 15 is 0 Å². The summed E-state index contributed by atoms with van der Waals surface area (Å²) in [6.45, 7) is 1.80. The van der Waals surface area contributed by atoms with Gasteiger partial charge in [-0.25, -0.2) is 9.98 Å². The monoisotopic (exact) mass is 411 g/mol. The van der Waals surface area contributed by atoms with Crippen LogP contribution < -0.4 is 20.9 Å². The first-order valence-corrected chi connectivity index (χ1v) is 9.97. The van der Waals surface area contributed by atoms with Gasteiger partial charge in [-0.1, -0.05) is 54.6 Å². The first kappa shape index (κ1) is 18.9. The summed E-state index contributed by atoms with van der Waals surface area (Å²) in [4.78, 5) is 22.4. The summed E-state index contributed by atoms with van der Waals surface area (Å²) in [5, 5.41) is 8.57. The Labute approximate surface area is 179 Å². The van der Waals surface area contributed by atoms with E-state index in [0.717, 1.165) is 22.0 Å². The van der Waals surface area contributed by atoms with Crippen molar-refractivity contribution in [3.63, 3.8) is 0 Å². The van der Waals surface area contributed by atoms with Gasteiger partial charge in [0.05, 0.1) is 12.8 Å². The van der Waals surface area contributed by atoms with Crippen molar-refractivity contribution >= 4 is 28.4 Å². The molecule has 1 atom stereocenters. The second-order valence-electron chi connectivity index (χ2n) is 7.30. The molecule has 154 valence electrons. The Kier molecular flexibility index (Phi) is 4.63. The van der Waals surface area contributed by atoms with Gasteiger partial charge in [0.2, 0.25) is 11.9 Å². The molecule has 2 heterocycles. The number of aromatic nitrogens is 2. The first-order chi connectivity index (χ1) is 15.1. The van der Waals surface area contributed by atoms with Crippen molar-refractivity contribution in [3.8, 4) is 5.75 Å². The van der Waals surface area contributed by atoms with Gasteiger partial charge in [-0.2, -0.15) is 0 Å². The number of methoxy groups -OCH3 is 1. The van der Waals surface area contributed by atoms with Crippen molar-refractivity contribution in [2.45, 2.75) is 13.1 Å². The summed E-state index contributed by atoms with van der Waals surface area (Å²) >= 11 is 0. The van der Waals surface area contributed by atoms with Crippen LogP contribution in [0.5, 0.6) is 5.75 Å². The lowest BCUT2D eigenvalue weighted by molar-refractivity contribution is 0.417. The van der Waals surface area contributed by atoms with Crippen LogP contribution in [-0.2, 0) is 0 Å². The molecular weight excluding hydrogens is 390 g/mol. The molecule has 0 amide bonds. The first-order valence-electron chi connectivity index (χ1n) is 9.97. The molecule has 0 bridgehead atoms. The molecule has 1 aliphatic heterocycles. The van der Waals surface area contributed by atoms with Gasteiger partial charge in [0.15, 0.2) is 6.17 Å². The van der Waals surface area contributed by atoms with Gasteiger partial charge in [0.1, 0.15) is 5.75 Å². The van der Waals surface area contributed by atoms with E-state index in [2.05, 4.69) is 27.8 Å². The maximum absolute atomic E-state index is 12.9. The number of benzene rings is 3. The number of nitrogens with one attached hydrogen (secondary N) is 2. The molecule has 3 aromatic carbocycles. The van der Waals surface area contributed by atoms with Gasteiger partial charge < -0.3 is 10.1 Å². The van der Waals surface area contributed by atoms with Crippen molar-refractivity contribution in [2.24, 2.45) is 4.99 Å². The average Bonchev–Trinajstić information content (AvgIpc) is 2.78. The second kappa shape index (κ2) is 7.60. The van der Waals surface area contributed by atoms with Gasteiger partial charge in [-0.3, -0.25) is 14.7 Å². The summed E-state index contributed by atoms with van der Waals surface area (Å²) in [6.07, 6.45) is -0.569. The molecule has 0 spiro atoms. The number of ether oxygens (including phenoxy) is 1. The predicted octanol–water partition coefficient (Wildman–Crippen LogP) is 4.15. The molecule has 7 nitrogen and oxygen atoms in total. The largest absolute Gasteiger partial charge is 0.495 e. The number of aliphatic imine (C=N–C) groups is 1. The topological polar surface area (TPSA) is 80.5 Å². The van der Waals surface area contributed by atoms with Gasteiger partial charge in [0.25, 0.3) is 5.56 Å². The Hall–Kier alpha value is -4.13. The lowest BCUT2D eigenvalue weighted by atomic mass is 10.0. The molecule has 0 saturated heterocycles. The third-order valence-corrected chi connectivity index (χ3v) is 5.27. The molecule has 1 aromatic heterocycles. The number of nitrogens with zero attached hydrogens (tertiary/aromatic N) is 3. The highest BCUT2D eigenvalue weighted by molar-refractivity contribution is 6.04. The summed E-state index contributed by atoms with van der Waals surface area (Å²) in [7, 11) is 1.62. The molecule has 0 radical (unpaired) electrons. The van der Waals surface area contributed by atoms with Crippen LogP contribution in [0.2, 0.25) is 0 Å². The van der Waals surface area contributed by atoms with E-state index in [1.807, 2.05) is 54.6 Å². The molecule has 2 N–H and O–H groups in total. The third-order valence-electron chi connectivity index (χ3n) is 5.27. The molecule has 0 unspecified atom stereocenters. The minimum Gasteiger partial charge on any atom is -0.495 e. The van der Waals surface area contributed by atoms with E-state index in [9.17, 15) is 4.79 Å². The molecule has 0 aliphatic carbocycles. The Balaban J connectivity index is 1.68. The summed E-state index contributed by atoms with van der Waals surface area (Å²) in [6, 6.07) is 23.2. The van der Waals surface area contributed by atoms with E-state index in [-0.39, 0.29) is 5.56 Å². The molecule has 0 fully saturated rings. The zero-order valence-corrected chi connectivity index (χ0v) is 17.2. The highest BCUT2D eigenvalue weighted by atomic mass is 16.5. The SMILES string of the molecule is COc1ccccc1NC1=N[C@@H](c2cccc3ccccc23)n2c(nc(C)cc2=O)N1. The summed E-state index contributed by atoms with van der Waals surface area (Å²) in [5.41, 5.74) is 2.16. The zero-order valence-electron chi connectivity index (χ0n) is 17.2. The maximum Gasteiger partial charge on any atom is 0.257 e. The van der Waals surface area contributed by atoms with Gasteiger partial charge in [0, 0.05) is 17.3 Å². The fraction of sp³-hybridized carbons (Fsp3) is 0.125. The zero-order chi connectivity index (χ0) is 21.4. The number of aryl methyl sites for hydroxylation is 1.